The molecule has 14 heteroatoms. The van der Waals surface area contributed by atoms with Crippen LogP contribution in [0.1, 0.15) is 44.0 Å². The van der Waals surface area contributed by atoms with E-state index >= 15 is 4.39 Å². The highest BCUT2D eigenvalue weighted by molar-refractivity contribution is 8.00. The van der Waals surface area contributed by atoms with Gasteiger partial charge in [0.2, 0.25) is 23.5 Å². The van der Waals surface area contributed by atoms with Gasteiger partial charge >= 0.3 is 5.51 Å². The van der Waals surface area contributed by atoms with Crippen LogP contribution in [0.5, 0.6) is 0 Å². The Hall–Kier alpha value is -2.87. The first-order valence-corrected chi connectivity index (χ1v) is 13.9. The van der Waals surface area contributed by atoms with Crippen molar-refractivity contribution in [1.29, 1.82) is 0 Å². The maximum atomic E-state index is 15.1. The number of thiophene rings is 1. The van der Waals surface area contributed by atoms with E-state index in [9.17, 15) is 22.8 Å². The molecule has 202 valence electrons. The van der Waals surface area contributed by atoms with Gasteiger partial charge in [-0.15, -0.1) is 11.3 Å². The Kier molecular flexibility index (Phi) is 6.49. The highest BCUT2D eigenvalue weighted by Gasteiger charge is 2.39. The van der Waals surface area contributed by atoms with E-state index in [-0.39, 0.29) is 57.5 Å². The lowest BCUT2D eigenvalue weighted by atomic mass is 10.0. The second-order valence-electron chi connectivity index (χ2n) is 9.72. The molecule has 0 unspecified atom stereocenters. The van der Waals surface area contributed by atoms with Gasteiger partial charge in [0.1, 0.15) is 12.2 Å². The first-order valence-electron chi connectivity index (χ1n) is 12.3. The fourth-order valence-corrected chi connectivity index (χ4v) is 7.01. The van der Waals surface area contributed by atoms with Crippen molar-refractivity contribution in [2.45, 2.75) is 60.8 Å². The van der Waals surface area contributed by atoms with Crippen LogP contribution in [0.2, 0.25) is 0 Å². The molecule has 3 atom stereocenters. The summed E-state index contributed by atoms with van der Waals surface area (Å²) in [5.74, 6) is -0.00559. The van der Waals surface area contributed by atoms with E-state index in [2.05, 4.69) is 20.8 Å². The van der Waals surface area contributed by atoms with Crippen LogP contribution in [0.3, 0.4) is 0 Å². The number of alkyl halides is 4. The highest BCUT2D eigenvalue weighted by atomic mass is 32.2. The number of benzene rings is 1. The summed E-state index contributed by atoms with van der Waals surface area (Å²) in [6.07, 6.45) is 1.54. The number of nitrogens with one attached hydrogen (secondary N) is 2. The van der Waals surface area contributed by atoms with Gasteiger partial charge < -0.3 is 20.1 Å². The molecule has 2 aromatic heterocycles. The van der Waals surface area contributed by atoms with Gasteiger partial charge in [0.25, 0.3) is 0 Å². The summed E-state index contributed by atoms with van der Waals surface area (Å²) < 4.78 is 61.7. The van der Waals surface area contributed by atoms with Gasteiger partial charge in [-0.2, -0.15) is 18.2 Å². The number of carbonyl (C=O) groups excluding carboxylic acids is 2. The average molecular weight is 570 g/mol. The molecule has 4 heterocycles. The molecule has 0 bridgehead atoms. The molecule has 0 spiro atoms. The molecule has 0 radical (unpaired) electrons. The zero-order chi connectivity index (χ0) is 26.6. The van der Waals surface area contributed by atoms with Crippen LogP contribution in [0.4, 0.5) is 23.2 Å². The van der Waals surface area contributed by atoms with Gasteiger partial charge in [-0.1, -0.05) is 17.3 Å². The third-order valence-corrected chi connectivity index (χ3v) is 9.17. The molecule has 3 fully saturated rings. The second kappa shape index (κ2) is 9.70. The number of halogens is 4. The monoisotopic (exact) mass is 569 g/mol. The maximum Gasteiger partial charge on any atom is 0.446 e. The molecule has 1 saturated carbocycles. The largest absolute Gasteiger partial charge is 0.446 e. The number of piperidine rings is 1. The van der Waals surface area contributed by atoms with Crippen LogP contribution in [0.25, 0.3) is 20.8 Å². The summed E-state index contributed by atoms with van der Waals surface area (Å²) in [4.78, 5) is 29.9. The minimum absolute atomic E-state index is 0.00145. The van der Waals surface area contributed by atoms with E-state index in [1.165, 1.54) is 0 Å². The zero-order valence-corrected chi connectivity index (χ0v) is 21.5. The number of hydrogen-bond donors (Lipinski definition) is 2. The Morgan fingerprint density at radius 1 is 1.24 bits per heavy atom. The Morgan fingerprint density at radius 3 is 2.74 bits per heavy atom. The van der Waals surface area contributed by atoms with Crippen molar-refractivity contribution in [1.82, 2.24) is 20.4 Å². The molecule has 3 aromatic rings. The van der Waals surface area contributed by atoms with Crippen molar-refractivity contribution in [2.24, 2.45) is 5.92 Å². The van der Waals surface area contributed by atoms with Gasteiger partial charge in [-0.3, -0.25) is 9.59 Å². The fourth-order valence-electron chi connectivity index (χ4n) is 4.90. The van der Waals surface area contributed by atoms with Crippen LogP contribution in [-0.2, 0) is 9.59 Å². The van der Waals surface area contributed by atoms with Crippen LogP contribution in [0.15, 0.2) is 27.6 Å². The Balaban J connectivity index is 1.30. The van der Waals surface area contributed by atoms with Crippen molar-refractivity contribution in [3.8, 4) is 10.7 Å². The lowest BCUT2D eigenvalue weighted by Crippen LogP contribution is -2.50. The summed E-state index contributed by atoms with van der Waals surface area (Å²) in [6.45, 7) is 0.425. The molecular weight excluding hydrogens is 546 g/mol. The number of fused-ring (bicyclic) bond motifs is 1. The Morgan fingerprint density at radius 2 is 2.05 bits per heavy atom. The number of aromatic nitrogens is 2. The fraction of sp³-hybridized carbons (Fsp3) is 0.500. The zero-order valence-electron chi connectivity index (χ0n) is 19.9. The molecule has 2 amide bonds. The van der Waals surface area contributed by atoms with E-state index < -0.39 is 23.8 Å². The summed E-state index contributed by atoms with van der Waals surface area (Å²) >= 11 is 0.806. The van der Waals surface area contributed by atoms with Crippen LogP contribution < -0.4 is 10.6 Å². The van der Waals surface area contributed by atoms with Crippen molar-refractivity contribution < 1.29 is 31.7 Å². The first kappa shape index (κ1) is 25.4. The number of likely N-dealkylation sites (tertiary alicyclic amines) is 1. The average Bonchev–Trinajstić information content (AvgIpc) is 3.26. The quantitative estimate of drug-likeness (QED) is 0.308. The highest BCUT2D eigenvalue weighted by Crippen LogP contribution is 2.51. The van der Waals surface area contributed by atoms with Gasteiger partial charge in [-0.25, -0.2) is 4.39 Å². The maximum absolute atomic E-state index is 15.1. The van der Waals surface area contributed by atoms with Gasteiger partial charge in [-0.05, 0) is 43.5 Å². The summed E-state index contributed by atoms with van der Waals surface area (Å²) in [7, 11) is 0. The summed E-state index contributed by atoms with van der Waals surface area (Å²) in [5.41, 5.74) is -4.06. The minimum Gasteiger partial charge on any atom is -0.378 e. The van der Waals surface area contributed by atoms with Gasteiger partial charge in [0, 0.05) is 29.2 Å². The van der Waals surface area contributed by atoms with Crippen LogP contribution in [-0.4, -0.2) is 57.7 Å². The third kappa shape index (κ3) is 5.07. The molecule has 3 aliphatic rings. The van der Waals surface area contributed by atoms with Crippen LogP contribution in [0, 0.1) is 5.92 Å². The topological polar surface area (TPSA) is 100 Å². The summed E-state index contributed by atoms with van der Waals surface area (Å²) in [5, 5.41) is 10.1. The Bertz CT molecular complexity index is 1390. The molecule has 1 aromatic carbocycles. The van der Waals surface area contributed by atoms with E-state index in [1.807, 2.05) is 0 Å². The molecule has 2 N–H and O–H groups in total. The molecule has 2 saturated heterocycles. The van der Waals surface area contributed by atoms with Crippen molar-refractivity contribution >= 4 is 50.7 Å². The number of carbonyl (C=O) groups is 2. The van der Waals surface area contributed by atoms with Crippen molar-refractivity contribution in [3.63, 3.8) is 0 Å². The van der Waals surface area contributed by atoms with E-state index in [0.717, 1.165) is 24.2 Å². The predicted molar refractivity (Wildman–Crippen MR) is 133 cm³/mol. The van der Waals surface area contributed by atoms with Gasteiger partial charge in [0.05, 0.1) is 27.9 Å². The molecule has 6 rings (SSSR count). The number of rotatable bonds is 6. The summed E-state index contributed by atoms with van der Waals surface area (Å²) in [6, 6.07) is 3.84. The Labute approximate surface area is 222 Å². The molecule has 38 heavy (non-hydrogen) atoms. The molecule has 1 aliphatic carbocycles. The predicted octanol–water partition coefficient (Wildman–Crippen LogP) is 5.28. The second-order valence-corrected chi connectivity index (χ2v) is 11.8. The standard InChI is InChI=1S/C24H23F4N5O3S2/c25-13-10-33(23(35)11-4-5-11)9-8-14(13)29-15-3-1-2-12-18(15)37-20(19(12)38-24(26,27)28)21-31-22(36-32-21)16-6-7-17(34)30-16/h1-3,11,13-14,16,29H,4-10H2,(H,30,34)/t13-,14+,16+/m0/s1. The van der Waals surface area contributed by atoms with Crippen LogP contribution >= 0.6 is 23.1 Å². The number of hydrogen-bond acceptors (Lipinski definition) is 8. The minimum atomic E-state index is -4.57. The first-order chi connectivity index (χ1) is 18.2. The smallest absolute Gasteiger partial charge is 0.378 e. The van der Waals surface area contributed by atoms with E-state index in [4.69, 9.17) is 4.52 Å². The molecule has 8 nitrogen and oxygen atoms in total. The van der Waals surface area contributed by atoms with Crippen molar-refractivity contribution in [2.75, 3.05) is 18.4 Å². The normalized spacial score (nSPS) is 24.2. The number of anilines is 1. The number of amides is 2. The lowest BCUT2D eigenvalue weighted by molar-refractivity contribution is -0.134. The number of thioether (sulfide) groups is 1. The van der Waals surface area contributed by atoms with E-state index in [0.29, 0.717) is 41.6 Å². The van der Waals surface area contributed by atoms with Crippen molar-refractivity contribution in [3.05, 3.63) is 24.1 Å². The third-order valence-electron chi connectivity index (χ3n) is 6.95. The lowest BCUT2D eigenvalue weighted by Gasteiger charge is -2.35. The van der Waals surface area contributed by atoms with Gasteiger partial charge in [0.15, 0.2) is 0 Å². The number of nitrogens with zero attached hydrogens (tertiary/aromatic N) is 3. The SMILES string of the molecule is O=C1CC[C@H](c2nc(-c3sc4c(N[C@@H]5CCN(C(=O)C6CC6)C[C@@H]5F)cccc4c3SC(F)(F)F)no2)N1. The van der Waals surface area contributed by atoms with E-state index in [1.54, 1.807) is 23.1 Å². The molecule has 2 aliphatic heterocycles. The molecular formula is C24H23F4N5O3S2.